The lowest BCUT2D eigenvalue weighted by atomic mass is 9.73. The highest BCUT2D eigenvalue weighted by Gasteiger charge is 2.53. The lowest BCUT2D eigenvalue weighted by molar-refractivity contribution is -0.125. The Morgan fingerprint density at radius 2 is 2.03 bits per heavy atom. The molecule has 1 N–H and O–H groups in total. The molecule has 3 heterocycles. The Kier molecular flexibility index (Phi) is 4.70. The molecule has 2 aromatic rings. The van der Waals surface area contributed by atoms with E-state index in [1.54, 1.807) is 12.5 Å². The van der Waals surface area contributed by atoms with Crippen molar-refractivity contribution >= 4 is 11.8 Å². The summed E-state index contributed by atoms with van der Waals surface area (Å²) >= 11 is 0. The molecule has 0 spiro atoms. The largest absolute Gasteiger partial charge is 0.355 e. The van der Waals surface area contributed by atoms with Gasteiger partial charge in [0.1, 0.15) is 0 Å². The molecular formula is C23H26N4O2. The lowest BCUT2D eigenvalue weighted by Crippen LogP contribution is -2.47. The smallest absolute Gasteiger partial charge is 0.254 e. The van der Waals surface area contributed by atoms with Crippen LogP contribution < -0.4 is 5.32 Å². The van der Waals surface area contributed by atoms with E-state index >= 15 is 0 Å². The Bertz CT molecular complexity index is 919. The van der Waals surface area contributed by atoms with Crippen LogP contribution in [0.2, 0.25) is 0 Å². The molecule has 6 heteroatoms. The maximum atomic E-state index is 13.0. The minimum absolute atomic E-state index is 0.0981. The normalized spacial score (nSPS) is 27.5. The van der Waals surface area contributed by atoms with Crippen LogP contribution in [0.5, 0.6) is 0 Å². The van der Waals surface area contributed by atoms with E-state index in [-0.39, 0.29) is 23.8 Å². The van der Waals surface area contributed by atoms with Crippen molar-refractivity contribution in [1.29, 1.82) is 0 Å². The predicted octanol–water partition coefficient (Wildman–Crippen LogP) is 2.81. The van der Waals surface area contributed by atoms with Crippen LogP contribution >= 0.6 is 0 Å². The van der Waals surface area contributed by atoms with Crippen LogP contribution in [0.3, 0.4) is 0 Å². The Morgan fingerprint density at radius 1 is 1.17 bits per heavy atom. The molecule has 2 amide bonds. The highest BCUT2D eigenvalue weighted by molar-refractivity contribution is 5.95. The quantitative estimate of drug-likeness (QED) is 0.799. The number of nitrogens with zero attached hydrogens (tertiary/aromatic N) is 3. The van der Waals surface area contributed by atoms with Crippen molar-refractivity contribution < 1.29 is 9.59 Å². The van der Waals surface area contributed by atoms with Gasteiger partial charge in [-0.3, -0.25) is 9.59 Å². The number of hydrogen-bond donors (Lipinski definition) is 1. The monoisotopic (exact) mass is 390 g/mol. The second-order valence-corrected chi connectivity index (χ2v) is 8.43. The molecule has 2 aliphatic heterocycles. The van der Waals surface area contributed by atoms with Crippen LogP contribution in [0.1, 0.15) is 36.0 Å². The van der Waals surface area contributed by atoms with Crippen LogP contribution in [-0.2, 0) is 4.79 Å². The molecule has 1 aromatic carbocycles. The Labute approximate surface area is 170 Å². The molecule has 150 valence electrons. The number of carbonyl (C=O) groups excluding carboxylic acids is 2. The molecule has 29 heavy (non-hydrogen) atoms. The van der Waals surface area contributed by atoms with Gasteiger partial charge in [-0.25, -0.2) is 4.98 Å². The number of carbonyl (C=O) groups is 2. The number of allylic oxidation sites excluding steroid dienone is 2. The van der Waals surface area contributed by atoms with Gasteiger partial charge >= 0.3 is 0 Å². The van der Waals surface area contributed by atoms with Crippen molar-refractivity contribution in [3.63, 3.8) is 0 Å². The number of fused-ring (bicyclic) bond motifs is 1. The molecule has 6 rings (SSSR count). The van der Waals surface area contributed by atoms with Crippen LogP contribution in [0, 0.1) is 17.8 Å². The van der Waals surface area contributed by atoms with E-state index in [4.69, 9.17) is 0 Å². The zero-order valence-corrected chi connectivity index (χ0v) is 16.4. The van der Waals surface area contributed by atoms with Gasteiger partial charge in [-0.1, -0.05) is 12.2 Å². The summed E-state index contributed by atoms with van der Waals surface area (Å²) < 4.78 is 1.92. The summed E-state index contributed by atoms with van der Waals surface area (Å²) in [6.45, 7) is 1.50. The summed E-state index contributed by atoms with van der Waals surface area (Å²) in [4.78, 5) is 31.5. The first-order valence-electron chi connectivity index (χ1n) is 10.5. The molecule has 2 saturated heterocycles. The SMILES string of the molecule is O=C(NC[C@@H]1[C@H]2C[C@@H]1N(C(=O)c1ccc(-n3ccnc3)cc1)C2)[C@H]1CC=CCC1. The molecule has 6 nitrogen and oxygen atoms in total. The fourth-order valence-electron chi connectivity index (χ4n) is 5.02. The van der Waals surface area contributed by atoms with Crippen LogP contribution in [0.4, 0.5) is 0 Å². The maximum absolute atomic E-state index is 13.0. The second kappa shape index (κ2) is 7.50. The predicted molar refractivity (Wildman–Crippen MR) is 109 cm³/mol. The molecule has 0 unspecified atom stereocenters. The van der Waals surface area contributed by atoms with E-state index in [0.717, 1.165) is 43.5 Å². The fraction of sp³-hybridized carbons (Fsp3) is 0.435. The fourth-order valence-corrected chi connectivity index (χ4v) is 5.02. The van der Waals surface area contributed by atoms with E-state index in [1.165, 1.54) is 0 Å². The molecule has 0 radical (unpaired) electrons. The summed E-state index contributed by atoms with van der Waals surface area (Å²) in [5.41, 5.74) is 1.71. The van der Waals surface area contributed by atoms with E-state index < -0.39 is 0 Å². The number of aromatic nitrogens is 2. The molecule has 1 aromatic heterocycles. The van der Waals surface area contributed by atoms with Crippen molar-refractivity contribution in [2.24, 2.45) is 17.8 Å². The van der Waals surface area contributed by atoms with Crippen LogP contribution in [0.15, 0.2) is 55.1 Å². The van der Waals surface area contributed by atoms with E-state index in [0.29, 0.717) is 18.4 Å². The Hall–Kier alpha value is -2.89. The summed E-state index contributed by atoms with van der Waals surface area (Å²) in [6, 6.07) is 7.94. The van der Waals surface area contributed by atoms with Crippen molar-refractivity contribution in [1.82, 2.24) is 19.8 Å². The summed E-state index contributed by atoms with van der Waals surface area (Å²) in [7, 11) is 0. The zero-order chi connectivity index (χ0) is 19.8. The molecule has 4 atom stereocenters. The van der Waals surface area contributed by atoms with Crippen molar-refractivity contribution in [3.05, 3.63) is 60.7 Å². The molecular weight excluding hydrogens is 364 g/mol. The molecule has 2 bridgehead atoms. The number of rotatable bonds is 5. The molecule has 3 fully saturated rings. The van der Waals surface area contributed by atoms with Gasteiger partial charge in [-0.15, -0.1) is 0 Å². The molecule has 4 aliphatic rings. The minimum atomic E-state index is 0.0981. The van der Waals surface area contributed by atoms with Crippen molar-refractivity contribution in [2.45, 2.75) is 31.7 Å². The third kappa shape index (κ3) is 3.37. The highest BCUT2D eigenvalue weighted by Crippen LogP contribution is 2.46. The number of nitrogens with one attached hydrogen (secondary N) is 1. The number of amides is 2. The van der Waals surface area contributed by atoms with Gasteiger partial charge in [0, 0.05) is 54.6 Å². The molecule has 2 aliphatic carbocycles. The van der Waals surface area contributed by atoms with Gasteiger partial charge < -0.3 is 14.8 Å². The summed E-state index contributed by atoms with van der Waals surface area (Å²) in [5.74, 6) is 1.30. The lowest BCUT2D eigenvalue weighted by Gasteiger charge is -2.37. The average Bonchev–Trinajstić information content (AvgIpc) is 3.50. The van der Waals surface area contributed by atoms with E-state index in [1.807, 2.05) is 39.9 Å². The van der Waals surface area contributed by atoms with Gasteiger partial charge in [0.05, 0.1) is 6.33 Å². The molecule has 1 saturated carbocycles. The zero-order valence-electron chi connectivity index (χ0n) is 16.4. The van der Waals surface area contributed by atoms with Gasteiger partial charge in [0.15, 0.2) is 0 Å². The van der Waals surface area contributed by atoms with E-state index in [2.05, 4.69) is 22.5 Å². The average molecular weight is 390 g/mol. The topological polar surface area (TPSA) is 67.2 Å². The van der Waals surface area contributed by atoms with Crippen molar-refractivity contribution in [2.75, 3.05) is 13.1 Å². The van der Waals surface area contributed by atoms with Crippen LogP contribution in [0.25, 0.3) is 5.69 Å². The summed E-state index contributed by atoms with van der Waals surface area (Å²) in [5, 5.41) is 3.16. The number of hydrogen-bond acceptors (Lipinski definition) is 3. The number of benzene rings is 1. The van der Waals surface area contributed by atoms with Gasteiger partial charge in [-0.05, 0) is 55.9 Å². The first kappa shape index (κ1) is 18.2. The van der Waals surface area contributed by atoms with Crippen molar-refractivity contribution in [3.8, 4) is 5.69 Å². The number of imidazole rings is 1. The highest BCUT2D eigenvalue weighted by atomic mass is 16.2. The second-order valence-electron chi connectivity index (χ2n) is 8.43. The van der Waals surface area contributed by atoms with Gasteiger partial charge in [0.2, 0.25) is 5.91 Å². The third-order valence-corrected chi connectivity index (χ3v) is 6.81. The first-order valence-corrected chi connectivity index (χ1v) is 10.5. The Morgan fingerprint density at radius 3 is 2.76 bits per heavy atom. The van der Waals surface area contributed by atoms with E-state index in [9.17, 15) is 9.59 Å². The first-order chi connectivity index (χ1) is 14.2. The van der Waals surface area contributed by atoms with Crippen LogP contribution in [-0.4, -0.2) is 45.4 Å². The standard InChI is InChI=1S/C23H26N4O2/c28-22(16-4-2-1-3-5-16)25-13-20-18-12-21(20)27(14-18)23(29)17-6-8-19(9-7-17)26-11-10-24-15-26/h1-2,6-11,15-16,18,20-21H,3-5,12-14H2,(H,25,28)/t16-,18-,20+,21-/m0/s1. The Balaban J connectivity index is 1.18. The van der Waals surface area contributed by atoms with Gasteiger partial charge in [-0.2, -0.15) is 0 Å². The summed E-state index contributed by atoms with van der Waals surface area (Å²) in [6.07, 6.45) is 13.5. The van der Waals surface area contributed by atoms with Gasteiger partial charge in [0.25, 0.3) is 5.91 Å². The third-order valence-electron chi connectivity index (χ3n) is 6.81. The maximum Gasteiger partial charge on any atom is 0.254 e. The minimum Gasteiger partial charge on any atom is -0.355 e.